The van der Waals surface area contributed by atoms with Crippen LogP contribution < -0.4 is 0 Å². The van der Waals surface area contributed by atoms with Crippen LogP contribution >= 0.6 is 0 Å². The highest BCUT2D eigenvalue weighted by Gasteiger charge is 2.34. The lowest BCUT2D eigenvalue weighted by atomic mass is 9.91. The van der Waals surface area contributed by atoms with Crippen molar-refractivity contribution in [3.8, 4) is 0 Å². The fourth-order valence-electron chi connectivity index (χ4n) is 5.46. The SMILES string of the molecule is COC1CCCN(C(=O)C2CCN(C3CCN(Cc4cccc(C)n4)CC3)CC2)C1. The second kappa shape index (κ2) is 10.2. The van der Waals surface area contributed by atoms with Crippen LogP contribution in [0.25, 0.3) is 0 Å². The zero-order valence-corrected chi connectivity index (χ0v) is 18.8. The maximum atomic E-state index is 13.0. The van der Waals surface area contributed by atoms with Crippen molar-refractivity contribution in [3.05, 3.63) is 29.6 Å². The monoisotopic (exact) mass is 414 g/mol. The molecule has 1 aromatic heterocycles. The summed E-state index contributed by atoms with van der Waals surface area (Å²) in [5.74, 6) is 0.584. The van der Waals surface area contributed by atoms with Gasteiger partial charge in [-0.15, -0.1) is 0 Å². The molecule has 1 amide bonds. The number of carbonyl (C=O) groups is 1. The Labute approximate surface area is 181 Å². The lowest BCUT2D eigenvalue weighted by Gasteiger charge is -2.42. The molecule has 30 heavy (non-hydrogen) atoms. The number of piperidine rings is 3. The fraction of sp³-hybridized carbons (Fsp3) is 0.750. The van der Waals surface area contributed by atoms with Crippen LogP contribution in [-0.2, 0) is 16.1 Å². The Morgan fingerprint density at radius 2 is 1.83 bits per heavy atom. The largest absolute Gasteiger partial charge is 0.380 e. The molecule has 0 aliphatic carbocycles. The van der Waals surface area contributed by atoms with Gasteiger partial charge in [0.25, 0.3) is 0 Å². The number of methoxy groups -OCH3 is 1. The van der Waals surface area contributed by atoms with Crippen molar-refractivity contribution < 1.29 is 9.53 Å². The Bertz CT molecular complexity index is 696. The van der Waals surface area contributed by atoms with E-state index in [9.17, 15) is 4.79 Å². The van der Waals surface area contributed by atoms with E-state index in [2.05, 4.69) is 44.8 Å². The number of rotatable bonds is 5. The minimum absolute atomic E-state index is 0.212. The number of amides is 1. The highest BCUT2D eigenvalue weighted by molar-refractivity contribution is 5.79. The molecule has 6 heteroatoms. The number of hydrogen-bond donors (Lipinski definition) is 0. The van der Waals surface area contributed by atoms with Crippen LogP contribution in [0.5, 0.6) is 0 Å². The van der Waals surface area contributed by atoms with Gasteiger partial charge in [-0.1, -0.05) is 6.07 Å². The summed E-state index contributed by atoms with van der Waals surface area (Å²) in [6.45, 7) is 9.15. The van der Waals surface area contributed by atoms with Gasteiger partial charge >= 0.3 is 0 Å². The molecule has 0 saturated carbocycles. The van der Waals surface area contributed by atoms with Crippen molar-refractivity contribution in [1.82, 2.24) is 19.7 Å². The number of carbonyl (C=O) groups excluding carboxylic acids is 1. The third kappa shape index (κ3) is 5.40. The van der Waals surface area contributed by atoms with Crippen molar-refractivity contribution in [2.45, 2.75) is 64.1 Å². The molecular formula is C24H38N4O2. The highest BCUT2D eigenvalue weighted by atomic mass is 16.5. The number of nitrogens with zero attached hydrogens (tertiary/aromatic N) is 4. The molecule has 1 unspecified atom stereocenters. The van der Waals surface area contributed by atoms with E-state index in [1.165, 1.54) is 18.5 Å². The maximum Gasteiger partial charge on any atom is 0.225 e. The van der Waals surface area contributed by atoms with Crippen molar-refractivity contribution in [1.29, 1.82) is 0 Å². The van der Waals surface area contributed by atoms with Gasteiger partial charge in [0.1, 0.15) is 0 Å². The molecule has 6 nitrogen and oxygen atoms in total. The molecule has 3 fully saturated rings. The predicted molar refractivity (Wildman–Crippen MR) is 118 cm³/mol. The third-order valence-electron chi connectivity index (χ3n) is 7.31. The first-order valence-corrected chi connectivity index (χ1v) is 11.8. The predicted octanol–water partition coefficient (Wildman–Crippen LogP) is 2.70. The Balaban J connectivity index is 1.20. The van der Waals surface area contributed by atoms with E-state index in [1.807, 2.05) is 0 Å². The number of likely N-dealkylation sites (tertiary alicyclic amines) is 3. The first-order chi connectivity index (χ1) is 14.6. The second-order valence-corrected chi connectivity index (χ2v) is 9.37. The van der Waals surface area contributed by atoms with Gasteiger partial charge in [0, 0.05) is 57.5 Å². The third-order valence-corrected chi connectivity index (χ3v) is 7.31. The van der Waals surface area contributed by atoms with Gasteiger partial charge in [-0.05, 0) is 70.7 Å². The van der Waals surface area contributed by atoms with E-state index in [0.717, 1.165) is 77.2 Å². The molecule has 0 spiro atoms. The molecule has 3 aliphatic heterocycles. The normalized spacial score (nSPS) is 25.5. The molecule has 0 radical (unpaired) electrons. The van der Waals surface area contributed by atoms with Gasteiger partial charge in [0.05, 0.1) is 11.8 Å². The fourth-order valence-corrected chi connectivity index (χ4v) is 5.46. The minimum Gasteiger partial charge on any atom is -0.380 e. The molecule has 3 aliphatic rings. The van der Waals surface area contributed by atoms with Crippen molar-refractivity contribution in [2.24, 2.45) is 5.92 Å². The van der Waals surface area contributed by atoms with Crippen LogP contribution in [0, 0.1) is 12.8 Å². The molecular weight excluding hydrogens is 376 g/mol. The Morgan fingerprint density at radius 1 is 1.07 bits per heavy atom. The molecule has 3 saturated heterocycles. The first-order valence-electron chi connectivity index (χ1n) is 11.8. The van der Waals surface area contributed by atoms with Crippen molar-refractivity contribution in [2.75, 3.05) is 46.4 Å². The first kappa shape index (κ1) is 21.7. The standard InChI is InChI=1S/C24H38N4O2/c1-19-5-3-6-21(25-19)17-26-13-10-22(11-14-26)27-15-8-20(9-16-27)24(29)28-12-4-7-23(18-28)30-2/h3,5-6,20,22-23H,4,7-18H2,1-2H3. The van der Waals surface area contributed by atoms with Crippen LogP contribution in [-0.4, -0.2) is 84.1 Å². The summed E-state index contributed by atoms with van der Waals surface area (Å²) >= 11 is 0. The molecule has 4 heterocycles. The summed E-state index contributed by atoms with van der Waals surface area (Å²) in [6.07, 6.45) is 6.86. The van der Waals surface area contributed by atoms with Gasteiger partial charge < -0.3 is 14.5 Å². The topological polar surface area (TPSA) is 48.9 Å². The van der Waals surface area contributed by atoms with E-state index < -0.39 is 0 Å². The summed E-state index contributed by atoms with van der Waals surface area (Å²) in [7, 11) is 1.76. The number of aryl methyl sites for hydroxylation is 1. The van der Waals surface area contributed by atoms with Crippen LogP contribution in [0.15, 0.2) is 18.2 Å². The molecule has 0 N–H and O–H groups in total. The smallest absolute Gasteiger partial charge is 0.225 e. The van der Waals surface area contributed by atoms with Gasteiger partial charge in [-0.2, -0.15) is 0 Å². The van der Waals surface area contributed by atoms with Gasteiger partial charge in [0.15, 0.2) is 0 Å². The van der Waals surface area contributed by atoms with E-state index in [0.29, 0.717) is 11.9 Å². The maximum absolute atomic E-state index is 13.0. The summed E-state index contributed by atoms with van der Waals surface area (Å²) in [4.78, 5) is 24.9. The Morgan fingerprint density at radius 3 is 2.53 bits per heavy atom. The molecule has 4 rings (SSSR count). The number of ether oxygens (including phenoxy) is 1. The lowest BCUT2D eigenvalue weighted by Crippen LogP contribution is -2.51. The average molecular weight is 415 g/mol. The Hall–Kier alpha value is -1.50. The number of pyridine rings is 1. The molecule has 1 atom stereocenters. The molecule has 1 aromatic rings. The average Bonchev–Trinajstić information content (AvgIpc) is 2.79. The van der Waals surface area contributed by atoms with E-state index in [1.54, 1.807) is 7.11 Å². The summed E-state index contributed by atoms with van der Waals surface area (Å²) < 4.78 is 5.50. The van der Waals surface area contributed by atoms with Crippen LogP contribution in [0.1, 0.15) is 49.9 Å². The molecule has 166 valence electrons. The van der Waals surface area contributed by atoms with Gasteiger partial charge in [0.2, 0.25) is 5.91 Å². The second-order valence-electron chi connectivity index (χ2n) is 9.37. The Kier molecular flexibility index (Phi) is 7.39. The van der Waals surface area contributed by atoms with Crippen molar-refractivity contribution >= 4 is 5.91 Å². The van der Waals surface area contributed by atoms with E-state index in [-0.39, 0.29) is 12.0 Å². The quantitative estimate of drug-likeness (QED) is 0.741. The van der Waals surface area contributed by atoms with E-state index >= 15 is 0 Å². The van der Waals surface area contributed by atoms with Crippen molar-refractivity contribution in [3.63, 3.8) is 0 Å². The van der Waals surface area contributed by atoms with Gasteiger partial charge in [-0.3, -0.25) is 14.7 Å². The zero-order valence-electron chi connectivity index (χ0n) is 18.8. The summed E-state index contributed by atoms with van der Waals surface area (Å²) in [6, 6.07) is 6.98. The summed E-state index contributed by atoms with van der Waals surface area (Å²) in [5, 5.41) is 0. The van der Waals surface area contributed by atoms with Crippen LogP contribution in [0.2, 0.25) is 0 Å². The lowest BCUT2D eigenvalue weighted by molar-refractivity contribution is -0.141. The molecule has 0 aromatic carbocycles. The minimum atomic E-state index is 0.212. The number of aromatic nitrogens is 1. The van der Waals surface area contributed by atoms with Crippen LogP contribution in [0.4, 0.5) is 0 Å². The summed E-state index contributed by atoms with van der Waals surface area (Å²) in [5.41, 5.74) is 2.28. The highest BCUT2D eigenvalue weighted by Crippen LogP contribution is 2.27. The van der Waals surface area contributed by atoms with E-state index in [4.69, 9.17) is 4.74 Å². The number of hydrogen-bond acceptors (Lipinski definition) is 5. The zero-order chi connectivity index (χ0) is 20.9. The molecule has 0 bridgehead atoms. The van der Waals surface area contributed by atoms with Gasteiger partial charge in [-0.25, -0.2) is 0 Å². The van der Waals surface area contributed by atoms with Crippen LogP contribution in [0.3, 0.4) is 0 Å².